The molecule has 4 rings (SSSR count). The maximum Gasteiger partial charge on any atom is 0.240 e. The first-order valence-electron chi connectivity index (χ1n) is 9.11. The van der Waals surface area contributed by atoms with Crippen molar-refractivity contribution in [1.29, 1.82) is 0 Å². The van der Waals surface area contributed by atoms with Crippen LogP contribution in [-0.2, 0) is 17.8 Å². The number of benzene rings is 2. The molecule has 0 aliphatic heterocycles. The van der Waals surface area contributed by atoms with Gasteiger partial charge in [0.2, 0.25) is 5.91 Å². The molecule has 4 aromatic rings. The number of hydrogen-bond acceptors (Lipinski definition) is 2. The van der Waals surface area contributed by atoms with Crippen LogP contribution in [-0.4, -0.2) is 28.6 Å². The number of aromatic amines is 1. The number of H-pyrrole nitrogens is 1. The summed E-state index contributed by atoms with van der Waals surface area (Å²) < 4.78 is 7.22. The van der Waals surface area contributed by atoms with Crippen molar-refractivity contribution in [2.24, 2.45) is 0 Å². The molecule has 5 heteroatoms. The summed E-state index contributed by atoms with van der Waals surface area (Å²) in [6.07, 6.45) is 4.76. The van der Waals surface area contributed by atoms with Crippen LogP contribution in [0.5, 0.6) is 5.75 Å². The second-order valence-corrected chi connectivity index (χ2v) is 6.90. The van der Waals surface area contributed by atoms with Gasteiger partial charge >= 0.3 is 0 Å². The Kier molecular flexibility index (Phi) is 4.59. The molecule has 0 radical (unpaired) electrons. The lowest BCUT2D eigenvalue weighted by Crippen LogP contribution is -2.36. The van der Waals surface area contributed by atoms with E-state index in [1.807, 2.05) is 60.3 Å². The number of para-hydroxylation sites is 1. The Labute approximate surface area is 157 Å². The van der Waals surface area contributed by atoms with Crippen molar-refractivity contribution < 1.29 is 9.53 Å². The number of carbonyl (C=O) groups is 1. The van der Waals surface area contributed by atoms with Crippen molar-refractivity contribution in [3.8, 4) is 5.75 Å². The predicted octanol–water partition coefficient (Wildman–Crippen LogP) is 3.88. The van der Waals surface area contributed by atoms with Gasteiger partial charge in [-0.1, -0.05) is 18.2 Å². The number of nitrogens with one attached hydrogen (secondary N) is 2. The maximum atomic E-state index is 12.5. The van der Waals surface area contributed by atoms with E-state index in [9.17, 15) is 4.79 Å². The van der Waals surface area contributed by atoms with Gasteiger partial charge in [0.15, 0.2) is 0 Å². The molecule has 0 saturated heterocycles. The molecule has 2 aromatic carbocycles. The molecule has 0 unspecified atom stereocenters. The molecule has 27 heavy (non-hydrogen) atoms. The van der Waals surface area contributed by atoms with Gasteiger partial charge < -0.3 is 19.6 Å². The van der Waals surface area contributed by atoms with E-state index in [-0.39, 0.29) is 11.9 Å². The van der Waals surface area contributed by atoms with Crippen LogP contribution >= 0.6 is 0 Å². The van der Waals surface area contributed by atoms with Crippen molar-refractivity contribution in [1.82, 2.24) is 14.9 Å². The zero-order chi connectivity index (χ0) is 18.8. The Bertz CT molecular complexity index is 1090. The third-order valence-corrected chi connectivity index (χ3v) is 4.90. The van der Waals surface area contributed by atoms with Gasteiger partial charge in [-0.3, -0.25) is 4.79 Å². The monoisotopic (exact) mass is 361 g/mol. The quantitative estimate of drug-likeness (QED) is 0.548. The van der Waals surface area contributed by atoms with Crippen molar-refractivity contribution >= 4 is 27.7 Å². The van der Waals surface area contributed by atoms with Crippen molar-refractivity contribution in [3.63, 3.8) is 0 Å². The first-order valence-corrected chi connectivity index (χ1v) is 9.11. The van der Waals surface area contributed by atoms with Gasteiger partial charge in [0, 0.05) is 40.2 Å². The fourth-order valence-corrected chi connectivity index (χ4v) is 3.60. The highest BCUT2D eigenvalue weighted by atomic mass is 16.5. The minimum Gasteiger partial charge on any atom is -0.497 e. The Hall–Kier alpha value is -3.21. The topological polar surface area (TPSA) is 59.0 Å². The first kappa shape index (κ1) is 17.2. The average Bonchev–Trinajstić information content (AvgIpc) is 3.25. The van der Waals surface area contributed by atoms with Crippen LogP contribution in [0.1, 0.15) is 12.5 Å². The Balaban J connectivity index is 1.42. The van der Waals surface area contributed by atoms with E-state index in [0.29, 0.717) is 6.54 Å². The first-order chi connectivity index (χ1) is 13.1. The van der Waals surface area contributed by atoms with E-state index >= 15 is 0 Å². The molecular weight excluding hydrogens is 338 g/mol. The number of ether oxygens (including phenoxy) is 1. The SMILES string of the molecule is COc1ccc2c(ccn2CC(=O)N[C@@H](C)Cc2c[nH]c3ccccc23)c1. The highest BCUT2D eigenvalue weighted by Gasteiger charge is 2.12. The normalized spacial score (nSPS) is 12.4. The number of fused-ring (bicyclic) bond motifs is 2. The molecule has 2 N–H and O–H groups in total. The number of hydrogen-bond donors (Lipinski definition) is 2. The van der Waals surface area contributed by atoms with E-state index in [2.05, 4.69) is 22.4 Å². The summed E-state index contributed by atoms with van der Waals surface area (Å²) in [5.74, 6) is 0.827. The number of amides is 1. The van der Waals surface area contributed by atoms with Crippen molar-refractivity contribution in [2.45, 2.75) is 25.9 Å². The number of aromatic nitrogens is 2. The Morgan fingerprint density at radius 3 is 2.93 bits per heavy atom. The Morgan fingerprint density at radius 1 is 1.22 bits per heavy atom. The maximum absolute atomic E-state index is 12.5. The van der Waals surface area contributed by atoms with E-state index in [0.717, 1.165) is 28.6 Å². The number of rotatable bonds is 6. The fourth-order valence-electron chi connectivity index (χ4n) is 3.60. The van der Waals surface area contributed by atoms with Gasteiger partial charge in [0.05, 0.1) is 7.11 Å². The third-order valence-electron chi connectivity index (χ3n) is 4.90. The molecule has 138 valence electrons. The minimum absolute atomic E-state index is 0.00987. The van der Waals surface area contributed by atoms with Crippen molar-refractivity contribution in [3.05, 3.63) is 66.5 Å². The predicted molar refractivity (Wildman–Crippen MR) is 108 cm³/mol. The largest absolute Gasteiger partial charge is 0.497 e. The molecule has 1 atom stereocenters. The van der Waals surface area contributed by atoms with Crippen LogP contribution in [0.25, 0.3) is 21.8 Å². The molecule has 0 saturated carbocycles. The van der Waals surface area contributed by atoms with Crippen LogP contribution in [0.2, 0.25) is 0 Å². The zero-order valence-electron chi connectivity index (χ0n) is 15.5. The summed E-state index contributed by atoms with van der Waals surface area (Å²) >= 11 is 0. The number of nitrogens with zero attached hydrogens (tertiary/aromatic N) is 1. The highest BCUT2D eigenvalue weighted by molar-refractivity contribution is 5.85. The lowest BCUT2D eigenvalue weighted by Gasteiger charge is -2.14. The van der Waals surface area contributed by atoms with Crippen LogP contribution in [0.4, 0.5) is 0 Å². The van der Waals surface area contributed by atoms with Gasteiger partial charge in [0.25, 0.3) is 0 Å². The summed E-state index contributed by atoms with van der Waals surface area (Å²) in [7, 11) is 1.65. The summed E-state index contributed by atoms with van der Waals surface area (Å²) in [4.78, 5) is 15.8. The molecule has 0 aliphatic carbocycles. The van der Waals surface area contributed by atoms with Gasteiger partial charge in [-0.05, 0) is 49.2 Å². The number of methoxy groups -OCH3 is 1. The summed E-state index contributed by atoms with van der Waals surface area (Å²) in [6.45, 7) is 2.34. The zero-order valence-corrected chi connectivity index (χ0v) is 15.5. The van der Waals surface area contributed by atoms with Gasteiger partial charge in [-0.15, -0.1) is 0 Å². The minimum atomic E-state index is 0.00987. The summed E-state index contributed by atoms with van der Waals surface area (Å²) in [6, 6.07) is 16.2. The molecule has 0 fully saturated rings. The molecule has 2 heterocycles. The molecule has 0 spiro atoms. The molecular formula is C22H23N3O2. The standard InChI is InChI=1S/C22H23N3O2/c1-15(11-17-13-23-20-6-4-3-5-19(17)20)24-22(26)14-25-10-9-16-12-18(27-2)7-8-21(16)25/h3-10,12-13,15,23H,11,14H2,1-2H3,(H,24,26)/t15-/m0/s1. The second kappa shape index (κ2) is 7.19. The third kappa shape index (κ3) is 3.53. The van der Waals surface area contributed by atoms with Gasteiger partial charge in [-0.2, -0.15) is 0 Å². The van der Waals surface area contributed by atoms with Crippen LogP contribution in [0.3, 0.4) is 0 Å². The molecule has 1 amide bonds. The lowest BCUT2D eigenvalue weighted by molar-refractivity contribution is -0.122. The van der Waals surface area contributed by atoms with E-state index in [1.165, 1.54) is 10.9 Å². The Morgan fingerprint density at radius 2 is 2.07 bits per heavy atom. The number of carbonyl (C=O) groups excluding carboxylic acids is 1. The molecule has 5 nitrogen and oxygen atoms in total. The van der Waals surface area contributed by atoms with Crippen LogP contribution < -0.4 is 10.1 Å². The van der Waals surface area contributed by atoms with Crippen LogP contribution in [0, 0.1) is 0 Å². The highest BCUT2D eigenvalue weighted by Crippen LogP contribution is 2.22. The van der Waals surface area contributed by atoms with Gasteiger partial charge in [-0.25, -0.2) is 0 Å². The smallest absolute Gasteiger partial charge is 0.240 e. The second-order valence-electron chi connectivity index (χ2n) is 6.90. The van der Waals surface area contributed by atoms with Crippen LogP contribution in [0.15, 0.2) is 60.9 Å². The van der Waals surface area contributed by atoms with Gasteiger partial charge in [0.1, 0.15) is 12.3 Å². The summed E-state index contributed by atoms with van der Waals surface area (Å²) in [5.41, 5.74) is 3.37. The van der Waals surface area contributed by atoms with E-state index in [4.69, 9.17) is 4.74 Å². The molecule has 2 aromatic heterocycles. The molecule has 0 bridgehead atoms. The average molecular weight is 361 g/mol. The van der Waals surface area contributed by atoms with Crippen molar-refractivity contribution in [2.75, 3.05) is 7.11 Å². The van der Waals surface area contributed by atoms with E-state index in [1.54, 1.807) is 7.11 Å². The lowest BCUT2D eigenvalue weighted by atomic mass is 10.1. The summed E-state index contributed by atoms with van der Waals surface area (Å²) in [5, 5.41) is 5.39. The molecule has 0 aliphatic rings. The fraction of sp³-hybridized carbons (Fsp3) is 0.227. The van der Waals surface area contributed by atoms with E-state index < -0.39 is 0 Å².